The minimum atomic E-state index is -0.00364. The Labute approximate surface area is 186 Å². The number of hydrogen-bond donors (Lipinski definition) is 2. The Kier molecular flexibility index (Phi) is 8.24. The van der Waals surface area contributed by atoms with Crippen molar-refractivity contribution in [2.75, 3.05) is 30.3 Å². The summed E-state index contributed by atoms with van der Waals surface area (Å²) in [6.07, 6.45) is 5.01. The van der Waals surface area contributed by atoms with Gasteiger partial charge in [-0.15, -0.1) is 0 Å². The van der Waals surface area contributed by atoms with Crippen LogP contribution < -0.4 is 10.6 Å². The van der Waals surface area contributed by atoms with Crippen LogP contribution in [0.15, 0.2) is 42.5 Å². The Balaban J connectivity index is 1.42. The third-order valence-electron chi connectivity index (χ3n) is 5.87. The van der Waals surface area contributed by atoms with E-state index in [1.54, 1.807) is 0 Å². The quantitative estimate of drug-likeness (QED) is 0.635. The fraction of sp³-hybridized carbons (Fsp3) is 0.462. The molecule has 2 aromatic rings. The Morgan fingerprint density at radius 3 is 2.19 bits per heavy atom. The van der Waals surface area contributed by atoms with Crippen LogP contribution in [0.3, 0.4) is 0 Å². The van der Waals surface area contributed by atoms with Gasteiger partial charge < -0.3 is 10.6 Å². The second-order valence-electron chi connectivity index (χ2n) is 8.76. The molecule has 1 aliphatic rings. The first-order chi connectivity index (χ1) is 14.9. The number of amides is 2. The normalized spacial score (nSPS) is 14.9. The zero-order valence-electron chi connectivity index (χ0n) is 19.0. The minimum absolute atomic E-state index is 0.00139. The monoisotopic (exact) mass is 421 g/mol. The molecular weight excluding hydrogens is 386 g/mol. The molecular formula is C26H35N3O2. The van der Waals surface area contributed by atoms with Crippen molar-refractivity contribution in [1.82, 2.24) is 4.90 Å². The minimum Gasteiger partial charge on any atom is -0.326 e. The maximum Gasteiger partial charge on any atom is 0.238 e. The van der Waals surface area contributed by atoms with Gasteiger partial charge in [0.2, 0.25) is 11.8 Å². The van der Waals surface area contributed by atoms with E-state index in [9.17, 15) is 9.59 Å². The lowest BCUT2D eigenvalue weighted by Gasteiger charge is -2.30. The van der Waals surface area contributed by atoms with E-state index in [1.807, 2.05) is 38.1 Å². The van der Waals surface area contributed by atoms with Crippen LogP contribution in [-0.4, -0.2) is 36.3 Å². The highest BCUT2D eigenvalue weighted by atomic mass is 16.2. The van der Waals surface area contributed by atoms with E-state index in [0.29, 0.717) is 6.54 Å². The van der Waals surface area contributed by atoms with Crippen LogP contribution in [0, 0.1) is 19.8 Å². The van der Waals surface area contributed by atoms with Gasteiger partial charge in [-0.3, -0.25) is 14.5 Å². The Bertz CT molecular complexity index is 864. The lowest BCUT2D eigenvalue weighted by atomic mass is 9.95. The summed E-state index contributed by atoms with van der Waals surface area (Å²) < 4.78 is 0. The van der Waals surface area contributed by atoms with Gasteiger partial charge in [0.1, 0.15) is 0 Å². The van der Waals surface area contributed by atoms with E-state index in [0.717, 1.165) is 54.9 Å². The highest BCUT2D eigenvalue weighted by molar-refractivity contribution is 5.93. The van der Waals surface area contributed by atoms with E-state index in [-0.39, 0.29) is 17.7 Å². The van der Waals surface area contributed by atoms with Gasteiger partial charge in [0.15, 0.2) is 0 Å². The largest absolute Gasteiger partial charge is 0.326 e. The van der Waals surface area contributed by atoms with Crippen molar-refractivity contribution >= 4 is 23.2 Å². The molecule has 0 aliphatic carbocycles. The maximum absolute atomic E-state index is 12.6. The second kappa shape index (κ2) is 11.1. The maximum atomic E-state index is 12.6. The summed E-state index contributed by atoms with van der Waals surface area (Å²) in [5.74, 6) is 0.0789. The first kappa shape index (κ1) is 23.0. The molecule has 1 aliphatic heterocycles. The fourth-order valence-corrected chi connectivity index (χ4v) is 4.18. The second-order valence-corrected chi connectivity index (χ2v) is 8.76. The number of nitrogens with zero attached hydrogens (tertiary/aromatic N) is 1. The van der Waals surface area contributed by atoms with Crippen molar-refractivity contribution in [1.29, 1.82) is 0 Å². The third-order valence-corrected chi connectivity index (χ3v) is 5.87. The predicted molar refractivity (Wildman–Crippen MR) is 127 cm³/mol. The molecule has 5 nitrogen and oxygen atoms in total. The van der Waals surface area contributed by atoms with E-state index in [2.05, 4.69) is 40.7 Å². The number of benzene rings is 2. The molecule has 0 saturated carbocycles. The fourth-order valence-electron chi connectivity index (χ4n) is 4.18. The van der Waals surface area contributed by atoms with Crippen molar-refractivity contribution in [2.24, 2.45) is 5.92 Å². The number of carbonyl (C=O) groups excluding carboxylic acids is 2. The molecule has 3 rings (SSSR count). The zero-order valence-corrected chi connectivity index (χ0v) is 19.0. The summed E-state index contributed by atoms with van der Waals surface area (Å²) in [5.41, 5.74) is 5.29. The molecule has 2 N–H and O–H groups in total. The average Bonchev–Trinajstić information content (AvgIpc) is 2.73. The zero-order chi connectivity index (χ0) is 22.2. The number of hydrogen-bond acceptors (Lipinski definition) is 3. The summed E-state index contributed by atoms with van der Waals surface area (Å²) in [6, 6.07) is 14.2. The van der Waals surface area contributed by atoms with Gasteiger partial charge in [-0.1, -0.05) is 31.5 Å². The van der Waals surface area contributed by atoms with Crippen LogP contribution in [-0.2, 0) is 16.0 Å². The molecule has 0 spiro atoms. The van der Waals surface area contributed by atoms with Crippen LogP contribution in [0.2, 0.25) is 0 Å². The highest BCUT2D eigenvalue weighted by Gasteiger charge is 2.26. The molecule has 0 atom stereocenters. The summed E-state index contributed by atoms with van der Waals surface area (Å²) >= 11 is 0. The Hall–Kier alpha value is -2.66. The molecule has 5 heteroatoms. The standard InChI is InChI=1S/C26H35N3O2/c1-4-5-6-21-7-9-23(10-8-21)28-26(31)22-11-13-29(14-12-22)18-25(30)27-24-16-19(2)15-20(3)17-24/h7-10,15-17,22H,4-6,11-14,18H2,1-3H3,(H,27,30)(H,28,31). The van der Waals surface area contributed by atoms with Gasteiger partial charge in [-0.2, -0.15) is 0 Å². The smallest absolute Gasteiger partial charge is 0.238 e. The molecule has 2 aromatic carbocycles. The molecule has 0 aromatic heterocycles. The van der Waals surface area contributed by atoms with Crippen LogP contribution in [0.25, 0.3) is 0 Å². The Morgan fingerprint density at radius 1 is 0.935 bits per heavy atom. The lowest BCUT2D eigenvalue weighted by molar-refractivity contribution is -0.121. The van der Waals surface area contributed by atoms with E-state index in [1.165, 1.54) is 18.4 Å². The van der Waals surface area contributed by atoms with Gasteiger partial charge in [0.05, 0.1) is 6.54 Å². The van der Waals surface area contributed by atoms with Crippen LogP contribution in [0.5, 0.6) is 0 Å². The van der Waals surface area contributed by atoms with Crippen LogP contribution in [0.4, 0.5) is 11.4 Å². The van der Waals surface area contributed by atoms with Crippen molar-refractivity contribution < 1.29 is 9.59 Å². The van der Waals surface area contributed by atoms with Gasteiger partial charge in [-0.05, 0) is 93.6 Å². The molecule has 0 unspecified atom stereocenters. The number of piperidine rings is 1. The van der Waals surface area contributed by atoms with Crippen LogP contribution >= 0.6 is 0 Å². The highest BCUT2D eigenvalue weighted by Crippen LogP contribution is 2.20. The summed E-state index contributed by atoms with van der Waals surface area (Å²) in [4.78, 5) is 27.2. The number of likely N-dealkylation sites (tertiary alicyclic amines) is 1. The first-order valence-electron chi connectivity index (χ1n) is 11.4. The number of anilines is 2. The van der Waals surface area contributed by atoms with Crippen molar-refractivity contribution in [3.63, 3.8) is 0 Å². The molecule has 2 amide bonds. The number of rotatable bonds is 8. The van der Waals surface area contributed by atoms with Crippen molar-refractivity contribution in [3.05, 3.63) is 59.2 Å². The van der Waals surface area contributed by atoms with Gasteiger partial charge >= 0.3 is 0 Å². The molecule has 166 valence electrons. The van der Waals surface area contributed by atoms with Crippen molar-refractivity contribution in [2.45, 2.75) is 52.9 Å². The molecule has 1 saturated heterocycles. The number of aryl methyl sites for hydroxylation is 3. The molecule has 0 bridgehead atoms. The van der Waals surface area contributed by atoms with E-state index >= 15 is 0 Å². The number of unbranched alkanes of at least 4 members (excludes halogenated alkanes) is 1. The van der Waals surface area contributed by atoms with Crippen molar-refractivity contribution in [3.8, 4) is 0 Å². The summed E-state index contributed by atoms with van der Waals surface area (Å²) in [6.45, 7) is 8.12. The topological polar surface area (TPSA) is 61.4 Å². The molecule has 1 heterocycles. The molecule has 0 radical (unpaired) electrons. The predicted octanol–water partition coefficient (Wildman–Crippen LogP) is 4.94. The SMILES string of the molecule is CCCCc1ccc(NC(=O)C2CCN(CC(=O)Nc3cc(C)cc(C)c3)CC2)cc1. The molecule has 1 fully saturated rings. The van der Waals surface area contributed by atoms with Crippen LogP contribution in [0.1, 0.15) is 49.3 Å². The van der Waals surface area contributed by atoms with E-state index in [4.69, 9.17) is 0 Å². The summed E-state index contributed by atoms with van der Waals surface area (Å²) in [5, 5.41) is 6.05. The molecule has 31 heavy (non-hydrogen) atoms. The average molecular weight is 422 g/mol. The van der Waals surface area contributed by atoms with Gasteiger partial charge in [0, 0.05) is 17.3 Å². The first-order valence-corrected chi connectivity index (χ1v) is 11.4. The third kappa shape index (κ3) is 7.21. The number of nitrogens with one attached hydrogen (secondary N) is 2. The number of carbonyl (C=O) groups is 2. The van der Waals surface area contributed by atoms with Gasteiger partial charge in [-0.25, -0.2) is 0 Å². The summed E-state index contributed by atoms with van der Waals surface area (Å²) in [7, 11) is 0. The lowest BCUT2D eigenvalue weighted by Crippen LogP contribution is -2.41. The van der Waals surface area contributed by atoms with E-state index < -0.39 is 0 Å². The van der Waals surface area contributed by atoms with Gasteiger partial charge in [0.25, 0.3) is 0 Å². The Morgan fingerprint density at radius 2 is 1.58 bits per heavy atom.